The van der Waals surface area contributed by atoms with Crippen molar-refractivity contribution in [2.24, 2.45) is 0 Å². The molecule has 176 valence electrons. The fourth-order valence-corrected chi connectivity index (χ4v) is 5.62. The van der Waals surface area contributed by atoms with Crippen LogP contribution in [0.4, 0.5) is 23.1 Å². The molecule has 1 unspecified atom stereocenters. The molecule has 1 saturated heterocycles. The number of amides is 1. The van der Waals surface area contributed by atoms with Gasteiger partial charge in [-0.15, -0.1) is 0 Å². The molecule has 33 heavy (non-hydrogen) atoms. The topological polar surface area (TPSA) is 93.6 Å². The molecule has 1 amide bonds. The first-order valence-corrected chi connectivity index (χ1v) is 12.3. The van der Waals surface area contributed by atoms with Gasteiger partial charge in [0, 0.05) is 25.2 Å². The lowest BCUT2D eigenvalue weighted by molar-refractivity contribution is -0.119. The lowest BCUT2D eigenvalue weighted by Crippen LogP contribution is -2.51. The summed E-state index contributed by atoms with van der Waals surface area (Å²) in [4.78, 5) is 26.9. The van der Waals surface area contributed by atoms with Crippen molar-refractivity contribution in [3.05, 3.63) is 27.9 Å². The van der Waals surface area contributed by atoms with Gasteiger partial charge in [0.25, 0.3) is 5.91 Å². The van der Waals surface area contributed by atoms with Crippen molar-refractivity contribution in [1.29, 1.82) is 0 Å². The Morgan fingerprint density at radius 3 is 2.45 bits per heavy atom. The Bertz CT molecular complexity index is 1050. The molecular weight excluding hydrogens is 463 g/mol. The van der Waals surface area contributed by atoms with Crippen LogP contribution in [-0.4, -0.2) is 58.6 Å². The number of aromatic nitrogens is 2. The van der Waals surface area contributed by atoms with Crippen LogP contribution < -0.4 is 15.5 Å². The summed E-state index contributed by atoms with van der Waals surface area (Å²) >= 11 is 12.2. The standard InChI is InChI=1S/C23H28Cl2N6O2/c1-30-19-18(13-6-2-3-7-13)28-23(26-14-10-15(24)20(32)16(25)11-14)29-21(19)27-17(22(30)33)12-31-8-4-5-9-31/h10-11,13,17,32H,2-9,12H2,1H3,(H2,26,27,28,29). The normalized spacial score (nSPS) is 21.4. The van der Waals surface area contributed by atoms with E-state index in [0.717, 1.165) is 50.2 Å². The van der Waals surface area contributed by atoms with Crippen LogP contribution in [0.2, 0.25) is 10.0 Å². The molecule has 8 nitrogen and oxygen atoms in total. The third-order valence-electron chi connectivity index (χ3n) is 6.84. The average Bonchev–Trinajstić information content (AvgIpc) is 3.49. The first-order valence-electron chi connectivity index (χ1n) is 11.5. The number of rotatable bonds is 5. The molecule has 3 N–H and O–H groups in total. The maximum absolute atomic E-state index is 13.2. The highest BCUT2D eigenvalue weighted by atomic mass is 35.5. The maximum Gasteiger partial charge on any atom is 0.250 e. The number of nitrogens with zero attached hydrogens (tertiary/aromatic N) is 4. The number of likely N-dealkylation sites (tertiary alicyclic amines) is 1. The Morgan fingerprint density at radius 2 is 1.79 bits per heavy atom. The predicted molar refractivity (Wildman–Crippen MR) is 131 cm³/mol. The second-order valence-corrected chi connectivity index (χ2v) is 9.94. The number of carbonyl (C=O) groups excluding carboxylic acids is 1. The Morgan fingerprint density at radius 1 is 1.12 bits per heavy atom. The zero-order valence-electron chi connectivity index (χ0n) is 18.6. The molecule has 2 fully saturated rings. The van der Waals surface area contributed by atoms with Crippen LogP contribution in [0.3, 0.4) is 0 Å². The summed E-state index contributed by atoms with van der Waals surface area (Å²) in [5.74, 6) is 1.24. The van der Waals surface area contributed by atoms with Crippen LogP contribution >= 0.6 is 23.2 Å². The fourth-order valence-electron chi connectivity index (χ4n) is 5.13. The van der Waals surface area contributed by atoms with Crippen LogP contribution in [0.1, 0.15) is 50.1 Å². The molecule has 10 heteroatoms. The minimum atomic E-state index is -0.350. The van der Waals surface area contributed by atoms with E-state index in [1.807, 2.05) is 7.05 Å². The molecule has 1 saturated carbocycles. The number of phenols is 1. The smallest absolute Gasteiger partial charge is 0.250 e. The van der Waals surface area contributed by atoms with Gasteiger partial charge in [-0.2, -0.15) is 4.98 Å². The molecule has 0 radical (unpaired) electrons. The van der Waals surface area contributed by atoms with Gasteiger partial charge in [-0.3, -0.25) is 4.79 Å². The third kappa shape index (κ3) is 4.44. The van der Waals surface area contributed by atoms with Crippen molar-refractivity contribution in [1.82, 2.24) is 14.9 Å². The van der Waals surface area contributed by atoms with E-state index in [4.69, 9.17) is 33.2 Å². The first kappa shape index (κ1) is 22.5. The molecule has 1 aromatic heterocycles. The fraction of sp³-hybridized carbons (Fsp3) is 0.522. The number of benzene rings is 1. The van der Waals surface area contributed by atoms with E-state index in [0.29, 0.717) is 24.0 Å². The summed E-state index contributed by atoms with van der Waals surface area (Å²) in [5, 5.41) is 16.8. The lowest BCUT2D eigenvalue weighted by Gasteiger charge is -2.36. The molecule has 3 heterocycles. The number of hydrogen-bond donors (Lipinski definition) is 3. The molecule has 0 spiro atoms. The zero-order valence-corrected chi connectivity index (χ0v) is 20.1. The Kier molecular flexibility index (Phi) is 6.24. The van der Waals surface area contributed by atoms with Crippen LogP contribution in [0.15, 0.2) is 12.1 Å². The molecule has 1 aromatic carbocycles. The van der Waals surface area contributed by atoms with Crippen molar-refractivity contribution in [3.8, 4) is 5.75 Å². The van der Waals surface area contributed by atoms with Crippen LogP contribution in [-0.2, 0) is 4.79 Å². The van der Waals surface area contributed by atoms with E-state index in [9.17, 15) is 9.90 Å². The second kappa shape index (κ2) is 9.16. The molecule has 1 aliphatic carbocycles. The van der Waals surface area contributed by atoms with Crippen molar-refractivity contribution in [3.63, 3.8) is 0 Å². The molecule has 5 rings (SSSR count). The number of phenolic OH excluding ortho intramolecular Hbond substituents is 1. The van der Waals surface area contributed by atoms with Gasteiger partial charge < -0.3 is 25.5 Å². The van der Waals surface area contributed by atoms with Gasteiger partial charge in [0.05, 0.1) is 15.7 Å². The third-order valence-corrected chi connectivity index (χ3v) is 7.42. The lowest BCUT2D eigenvalue weighted by atomic mass is 9.99. The highest BCUT2D eigenvalue weighted by molar-refractivity contribution is 6.37. The Labute approximate surface area is 203 Å². The molecule has 2 aromatic rings. The monoisotopic (exact) mass is 490 g/mol. The minimum absolute atomic E-state index is 0.0510. The van der Waals surface area contributed by atoms with Crippen molar-refractivity contribution >= 4 is 52.3 Å². The summed E-state index contributed by atoms with van der Waals surface area (Å²) in [6, 6.07) is 2.82. The molecule has 2 aliphatic heterocycles. The van der Waals surface area contributed by atoms with Gasteiger partial charge >= 0.3 is 0 Å². The van der Waals surface area contributed by atoms with Gasteiger partial charge in [-0.25, -0.2) is 4.98 Å². The van der Waals surface area contributed by atoms with Crippen LogP contribution in [0.25, 0.3) is 0 Å². The van der Waals surface area contributed by atoms with Crippen molar-refractivity contribution < 1.29 is 9.90 Å². The molecule has 1 atom stereocenters. The van der Waals surface area contributed by atoms with E-state index in [1.54, 1.807) is 17.0 Å². The van der Waals surface area contributed by atoms with Crippen LogP contribution in [0, 0.1) is 0 Å². The van der Waals surface area contributed by atoms with Crippen molar-refractivity contribution in [2.75, 3.05) is 42.2 Å². The average molecular weight is 491 g/mol. The highest BCUT2D eigenvalue weighted by Crippen LogP contribution is 2.43. The minimum Gasteiger partial charge on any atom is -0.505 e. The Balaban J connectivity index is 1.51. The quantitative estimate of drug-likeness (QED) is 0.520. The largest absolute Gasteiger partial charge is 0.505 e. The molecule has 0 bridgehead atoms. The predicted octanol–water partition coefficient (Wildman–Crippen LogP) is 4.74. The van der Waals surface area contributed by atoms with Crippen LogP contribution in [0.5, 0.6) is 5.75 Å². The summed E-state index contributed by atoms with van der Waals surface area (Å²) in [7, 11) is 1.83. The van der Waals surface area contributed by atoms with E-state index >= 15 is 0 Å². The second-order valence-electron chi connectivity index (χ2n) is 9.13. The van der Waals surface area contributed by atoms with Gasteiger partial charge in [0.2, 0.25) is 5.95 Å². The van der Waals surface area contributed by atoms with E-state index in [1.165, 1.54) is 12.8 Å². The summed E-state index contributed by atoms with van der Waals surface area (Å²) in [6.45, 7) is 2.71. The van der Waals surface area contributed by atoms with E-state index < -0.39 is 0 Å². The van der Waals surface area contributed by atoms with E-state index in [-0.39, 0.29) is 33.7 Å². The number of fused-ring (bicyclic) bond motifs is 1. The van der Waals surface area contributed by atoms with Gasteiger partial charge in [0.1, 0.15) is 11.7 Å². The number of halogens is 2. The number of anilines is 4. The number of nitrogens with one attached hydrogen (secondary N) is 2. The number of likely N-dealkylation sites (N-methyl/N-ethyl adjacent to an activating group) is 1. The zero-order chi connectivity index (χ0) is 23.1. The SMILES string of the molecule is CN1C(=O)C(CN2CCCC2)Nc2nc(Nc3cc(Cl)c(O)c(Cl)c3)nc(C3CCCC3)c21. The number of hydrogen-bond acceptors (Lipinski definition) is 7. The van der Waals surface area contributed by atoms with Crippen molar-refractivity contribution in [2.45, 2.75) is 50.5 Å². The van der Waals surface area contributed by atoms with Gasteiger partial charge in [-0.05, 0) is 50.9 Å². The summed E-state index contributed by atoms with van der Waals surface area (Å²) in [6.07, 6.45) is 6.73. The maximum atomic E-state index is 13.2. The molecule has 3 aliphatic rings. The summed E-state index contributed by atoms with van der Waals surface area (Å²) < 4.78 is 0. The summed E-state index contributed by atoms with van der Waals surface area (Å²) in [5.41, 5.74) is 2.24. The van der Waals surface area contributed by atoms with Gasteiger partial charge in [-0.1, -0.05) is 36.0 Å². The first-order chi connectivity index (χ1) is 15.9. The molecular formula is C23H28Cl2N6O2. The number of carbonyl (C=O) groups is 1. The number of aromatic hydroxyl groups is 1. The van der Waals surface area contributed by atoms with Gasteiger partial charge in [0.15, 0.2) is 11.6 Å². The highest BCUT2D eigenvalue weighted by Gasteiger charge is 2.37. The Hall–Kier alpha value is -2.29. The van der Waals surface area contributed by atoms with E-state index in [2.05, 4.69) is 15.5 Å².